The molecule has 0 aliphatic rings. The highest BCUT2D eigenvalue weighted by molar-refractivity contribution is 7.99. The molecule has 1 amide bonds. The summed E-state index contributed by atoms with van der Waals surface area (Å²) in [6.45, 7) is 0. The van der Waals surface area contributed by atoms with Crippen LogP contribution in [0.15, 0.2) is 101 Å². The van der Waals surface area contributed by atoms with Gasteiger partial charge in [0.15, 0.2) is 11.0 Å². The number of benzene rings is 3. The number of hydrogen-bond donors (Lipinski definition) is 2. The minimum Gasteiger partial charge on any atom is -0.361 e. The van der Waals surface area contributed by atoms with Crippen LogP contribution in [0.1, 0.15) is 5.56 Å². The van der Waals surface area contributed by atoms with E-state index in [1.165, 1.54) is 11.8 Å². The largest absolute Gasteiger partial charge is 0.361 e. The Kier molecular flexibility index (Phi) is 5.99. The van der Waals surface area contributed by atoms with Crippen LogP contribution in [0.5, 0.6) is 0 Å². The molecule has 2 aromatic heterocycles. The number of rotatable bonds is 7. The molecule has 0 atom stereocenters. The van der Waals surface area contributed by atoms with E-state index >= 15 is 0 Å². The van der Waals surface area contributed by atoms with Gasteiger partial charge in [-0.1, -0.05) is 78.5 Å². The lowest BCUT2D eigenvalue weighted by atomic mass is 10.2. The number of para-hydroxylation sites is 2. The maximum absolute atomic E-state index is 12.4. The van der Waals surface area contributed by atoms with E-state index in [2.05, 4.69) is 25.7 Å². The lowest BCUT2D eigenvalue weighted by Crippen LogP contribution is -2.20. The van der Waals surface area contributed by atoms with Gasteiger partial charge in [0.25, 0.3) is 5.91 Å². The second-order valence-electron chi connectivity index (χ2n) is 7.21. The topological polar surface area (TPSA) is 88.0 Å². The molecule has 5 aromatic rings. The van der Waals surface area contributed by atoms with Gasteiger partial charge in [-0.15, -0.1) is 10.2 Å². The first-order chi connectivity index (χ1) is 16.3. The average Bonchev–Trinajstić information content (AvgIpc) is 3.48. The molecular formula is C25H20N6OS. The van der Waals surface area contributed by atoms with Crippen LogP contribution in [0.4, 0.5) is 0 Å². The second-order valence-corrected chi connectivity index (χ2v) is 8.16. The number of nitrogens with zero attached hydrogens (tertiary/aromatic N) is 4. The average molecular weight is 453 g/mol. The normalized spacial score (nSPS) is 11.3. The van der Waals surface area contributed by atoms with Crippen LogP contribution in [-0.2, 0) is 4.79 Å². The molecule has 2 N–H and O–H groups in total. The number of carbonyl (C=O) groups excluding carboxylic acids is 1. The van der Waals surface area contributed by atoms with Crippen LogP contribution in [0.2, 0.25) is 0 Å². The predicted octanol–water partition coefficient (Wildman–Crippen LogP) is 4.66. The zero-order valence-electron chi connectivity index (χ0n) is 17.6. The van der Waals surface area contributed by atoms with Gasteiger partial charge >= 0.3 is 0 Å². The van der Waals surface area contributed by atoms with Gasteiger partial charge in [-0.2, -0.15) is 5.10 Å². The van der Waals surface area contributed by atoms with Crippen molar-refractivity contribution in [2.45, 2.75) is 5.16 Å². The zero-order valence-corrected chi connectivity index (χ0v) is 18.4. The van der Waals surface area contributed by atoms with E-state index in [-0.39, 0.29) is 11.7 Å². The minimum atomic E-state index is -0.222. The van der Waals surface area contributed by atoms with Gasteiger partial charge in [0.05, 0.1) is 12.0 Å². The van der Waals surface area contributed by atoms with Crippen molar-refractivity contribution in [3.8, 4) is 17.1 Å². The molecule has 162 valence electrons. The third-order valence-corrected chi connectivity index (χ3v) is 5.96. The number of H-pyrrole nitrogens is 1. The van der Waals surface area contributed by atoms with E-state index in [0.29, 0.717) is 5.16 Å². The fourth-order valence-electron chi connectivity index (χ4n) is 3.48. The van der Waals surface area contributed by atoms with Crippen molar-refractivity contribution >= 4 is 34.8 Å². The molecular weight excluding hydrogens is 432 g/mol. The first-order valence-electron chi connectivity index (χ1n) is 10.4. The number of aromatic nitrogens is 4. The number of fused-ring (bicyclic) bond motifs is 1. The van der Waals surface area contributed by atoms with E-state index in [4.69, 9.17) is 0 Å². The van der Waals surface area contributed by atoms with E-state index in [0.717, 1.165) is 33.5 Å². The smallest absolute Gasteiger partial charge is 0.250 e. The fraction of sp³-hybridized carbons (Fsp3) is 0.0400. The molecule has 0 saturated heterocycles. The van der Waals surface area contributed by atoms with Crippen molar-refractivity contribution in [3.05, 3.63) is 96.7 Å². The first-order valence-corrected chi connectivity index (χ1v) is 11.4. The van der Waals surface area contributed by atoms with Gasteiger partial charge in [-0.3, -0.25) is 9.36 Å². The number of carbonyl (C=O) groups is 1. The number of aromatic amines is 1. The predicted molar refractivity (Wildman–Crippen MR) is 132 cm³/mol. The number of nitrogens with one attached hydrogen (secondary N) is 2. The molecule has 7 nitrogen and oxygen atoms in total. The molecule has 0 aliphatic carbocycles. The van der Waals surface area contributed by atoms with E-state index in [9.17, 15) is 4.79 Å². The molecule has 0 saturated carbocycles. The summed E-state index contributed by atoms with van der Waals surface area (Å²) < 4.78 is 1.96. The van der Waals surface area contributed by atoms with Crippen LogP contribution < -0.4 is 5.43 Å². The Hall–Kier alpha value is -4.17. The summed E-state index contributed by atoms with van der Waals surface area (Å²) in [7, 11) is 0. The van der Waals surface area contributed by atoms with Crippen LogP contribution in [0.25, 0.3) is 28.0 Å². The number of hydrazone groups is 1. The molecule has 0 aliphatic heterocycles. The summed E-state index contributed by atoms with van der Waals surface area (Å²) in [5.41, 5.74) is 6.41. The van der Waals surface area contributed by atoms with Gasteiger partial charge in [0, 0.05) is 33.9 Å². The standard InChI is InChI=1S/C25H20N6OS/c32-23(28-27-16-19-15-26-22-14-8-7-13-21(19)22)17-33-25-30-29-24(18-9-3-1-4-10-18)31(25)20-11-5-2-6-12-20/h1-16,26H,17H2,(H,28,32)/b27-16+. The Morgan fingerprint density at radius 1 is 0.970 bits per heavy atom. The summed E-state index contributed by atoms with van der Waals surface area (Å²) in [6.07, 6.45) is 3.50. The van der Waals surface area contributed by atoms with E-state index in [1.807, 2.05) is 95.7 Å². The summed E-state index contributed by atoms with van der Waals surface area (Å²) in [5.74, 6) is 0.660. The second kappa shape index (κ2) is 9.54. The minimum absolute atomic E-state index is 0.158. The Bertz CT molecular complexity index is 1410. The Balaban J connectivity index is 1.30. The van der Waals surface area contributed by atoms with Crippen LogP contribution in [0, 0.1) is 0 Å². The van der Waals surface area contributed by atoms with Crippen molar-refractivity contribution in [3.63, 3.8) is 0 Å². The molecule has 5 rings (SSSR count). The maximum Gasteiger partial charge on any atom is 0.250 e. The van der Waals surface area contributed by atoms with Crippen molar-refractivity contribution in [2.75, 3.05) is 5.75 Å². The van der Waals surface area contributed by atoms with Gasteiger partial charge in [-0.25, -0.2) is 5.43 Å². The molecule has 0 unspecified atom stereocenters. The maximum atomic E-state index is 12.4. The highest BCUT2D eigenvalue weighted by Crippen LogP contribution is 2.27. The van der Waals surface area contributed by atoms with Crippen LogP contribution >= 0.6 is 11.8 Å². The molecule has 0 radical (unpaired) electrons. The first kappa shape index (κ1) is 20.7. The summed E-state index contributed by atoms with van der Waals surface area (Å²) in [4.78, 5) is 15.6. The van der Waals surface area contributed by atoms with Crippen LogP contribution in [0.3, 0.4) is 0 Å². The molecule has 2 heterocycles. The Labute approximate surface area is 194 Å². The highest BCUT2D eigenvalue weighted by atomic mass is 32.2. The molecule has 33 heavy (non-hydrogen) atoms. The molecule has 0 fully saturated rings. The molecule has 0 spiro atoms. The Morgan fingerprint density at radius 2 is 1.70 bits per heavy atom. The van der Waals surface area contributed by atoms with Gasteiger partial charge < -0.3 is 4.98 Å². The molecule has 8 heteroatoms. The third kappa shape index (κ3) is 4.56. The quantitative estimate of drug-likeness (QED) is 0.214. The van der Waals surface area contributed by atoms with Crippen molar-refractivity contribution < 1.29 is 4.79 Å². The van der Waals surface area contributed by atoms with Crippen molar-refractivity contribution in [1.29, 1.82) is 0 Å². The number of thioether (sulfide) groups is 1. The molecule has 3 aromatic carbocycles. The van der Waals surface area contributed by atoms with Crippen LogP contribution in [-0.4, -0.2) is 37.6 Å². The van der Waals surface area contributed by atoms with Gasteiger partial charge in [-0.05, 0) is 18.2 Å². The van der Waals surface area contributed by atoms with E-state index < -0.39 is 0 Å². The van der Waals surface area contributed by atoms with Gasteiger partial charge in [0.2, 0.25) is 0 Å². The van der Waals surface area contributed by atoms with Crippen molar-refractivity contribution in [2.24, 2.45) is 5.10 Å². The monoisotopic (exact) mass is 452 g/mol. The molecule has 0 bridgehead atoms. The number of amides is 1. The SMILES string of the molecule is O=C(CSc1nnc(-c2ccccc2)n1-c1ccccc1)N/N=C/c1c[nH]c2ccccc12. The third-order valence-electron chi connectivity index (χ3n) is 5.03. The zero-order chi connectivity index (χ0) is 22.5. The lowest BCUT2D eigenvalue weighted by Gasteiger charge is -2.10. The summed E-state index contributed by atoms with van der Waals surface area (Å²) in [6, 6.07) is 27.7. The fourth-order valence-corrected chi connectivity index (χ4v) is 4.23. The lowest BCUT2D eigenvalue weighted by molar-refractivity contribution is -0.118. The highest BCUT2D eigenvalue weighted by Gasteiger charge is 2.17. The summed E-state index contributed by atoms with van der Waals surface area (Å²) in [5, 5.41) is 14.5. The van der Waals surface area contributed by atoms with E-state index in [1.54, 1.807) is 6.21 Å². The summed E-state index contributed by atoms with van der Waals surface area (Å²) >= 11 is 1.31. The Morgan fingerprint density at radius 3 is 2.52 bits per heavy atom. The van der Waals surface area contributed by atoms with Crippen molar-refractivity contribution in [1.82, 2.24) is 25.2 Å². The number of hydrogen-bond acceptors (Lipinski definition) is 5. The van der Waals surface area contributed by atoms with Gasteiger partial charge in [0.1, 0.15) is 0 Å².